The Labute approximate surface area is 105 Å². The zero-order chi connectivity index (χ0) is 12.5. The quantitative estimate of drug-likeness (QED) is 0.493. The molecule has 1 aromatic carbocycles. The lowest BCUT2D eigenvalue weighted by Crippen LogP contribution is -1.87. The minimum absolute atomic E-state index is 0.931. The van der Waals surface area contributed by atoms with Crippen LogP contribution in [0, 0.1) is 0 Å². The Hall–Kier alpha value is -1.50. The highest BCUT2D eigenvalue weighted by molar-refractivity contribution is 5.30. The van der Waals surface area contributed by atoms with Crippen molar-refractivity contribution in [2.75, 3.05) is 7.11 Å². The molecule has 0 fully saturated rings. The lowest BCUT2D eigenvalue weighted by molar-refractivity contribution is 0.414. The molecule has 1 nitrogen and oxygen atoms in total. The third-order valence-corrected chi connectivity index (χ3v) is 2.80. The first kappa shape index (κ1) is 13.6. The third kappa shape index (κ3) is 5.39. The highest BCUT2D eigenvalue weighted by Crippen LogP contribution is 2.15. The first-order valence-electron chi connectivity index (χ1n) is 6.15. The second-order valence-corrected chi connectivity index (χ2v) is 4.29. The van der Waals surface area contributed by atoms with E-state index in [9.17, 15) is 0 Å². The molecule has 0 amide bonds. The van der Waals surface area contributed by atoms with Crippen LogP contribution in [-0.4, -0.2) is 7.11 Å². The Kier molecular flexibility index (Phi) is 6.16. The van der Waals surface area contributed by atoms with Gasteiger partial charge in [0.05, 0.1) is 7.11 Å². The molecule has 0 saturated carbocycles. The van der Waals surface area contributed by atoms with Crippen LogP contribution in [0.15, 0.2) is 48.6 Å². The smallest absolute Gasteiger partial charge is 0.119 e. The van der Waals surface area contributed by atoms with E-state index in [0.29, 0.717) is 0 Å². The molecule has 92 valence electrons. The molecule has 0 aliphatic carbocycles. The number of ether oxygens (including phenoxy) is 1. The predicted octanol–water partition coefficient (Wildman–Crippen LogP) is 4.54. The van der Waals surface area contributed by atoms with Crippen LogP contribution in [0.2, 0.25) is 0 Å². The normalized spacial score (nSPS) is 11.3. The Balaban J connectivity index is 2.47. The predicted molar refractivity (Wildman–Crippen MR) is 74.5 cm³/mol. The monoisotopic (exact) mass is 230 g/mol. The highest BCUT2D eigenvalue weighted by Gasteiger charge is 1.95. The molecule has 0 radical (unpaired) electrons. The average molecular weight is 230 g/mol. The van der Waals surface area contributed by atoms with Gasteiger partial charge in [-0.1, -0.05) is 29.9 Å². The number of unbranched alkanes of at least 4 members (excludes halogenated alkanes) is 1. The summed E-state index contributed by atoms with van der Waals surface area (Å²) in [6, 6.07) is 8.24. The summed E-state index contributed by atoms with van der Waals surface area (Å²) in [5.74, 6) is 0.931. The summed E-state index contributed by atoms with van der Waals surface area (Å²) in [7, 11) is 1.70. The minimum atomic E-state index is 0.931. The van der Waals surface area contributed by atoms with Gasteiger partial charge in [0.15, 0.2) is 0 Å². The molecule has 0 heterocycles. The number of hydrogen-bond acceptors (Lipinski definition) is 1. The van der Waals surface area contributed by atoms with Gasteiger partial charge in [0.2, 0.25) is 0 Å². The van der Waals surface area contributed by atoms with Crippen LogP contribution >= 0.6 is 0 Å². The lowest BCUT2D eigenvalue weighted by Gasteiger charge is -2.03. The SMILES string of the molecule is C=CCCC/C(C)=C/Cc1cccc(OC)c1. The van der Waals surface area contributed by atoms with Gasteiger partial charge in [0.25, 0.3) is 0 Å². The minimum Gasteiger partial charge on any atom is -0.497 e. The zero-order valence-electron chi connectivity index (χ0n) is 10.9. The van der Waals surface area contributed by atoms with E-state index in [2.05, 4.69) is 31.7 Å². The molecule has 0 aliphatic heterocycles. The van der Waals surface area contributed by atoms with E-state index in [1.807, 2.05) is 18.2 Å². The number of methoxy groups -OCH3 is 1. The molecule has 1 aromatic rings. The standard InChI is InChI=1S/C16H22O/c1-4-5-6-8-14(2)11-12-15-9-7-10-16(13-15)17-3/h4,7,9-11,13H,1,5-6,8,12H2,2-3H3/b14-11+. The molecular weight excluding hydrogens is 208 g/mol. The van der Waals surface area contributed by atoms with Crippen LogP contribution in [0.4, 0.5) is 0 Å². The molecule has 0 aromatic heterocycles. The lowest BCUT2D eigenvalue weighted by atomic mass is 10.1. The first-order chi connectivity index (χ1) is 8.26. The molecule has 0 unspecified atom stereocenters. The van der Waals surface area contributed by atoms with Crippen LogP contribution < -0.4 is 4.74 Å². The molecule has 0 bridgehead atoms. The fourth-order valence-corrected chi connectivity index (χ4v) is 1.72. The van der Waals surface area contributed by atoms with Gasteiger partial charge in [-0.15, -0.1) is 6.58 Å². The van der Waals surface area contributed by atoms with Crippen molar-refractivity contribution in [3.63, 3.8) is 0 Å². The average Bonchev–Trinajstić information content (AvgIpc) is 2.37. The number of allylic oxidation sites excluding steroid dienone is 3. The third-order valence-electron chi connectivity index (χ3n) is 2.80. The molecule has 0 N–H and O–H groups in total. The van der Waals surface area contributed by atoms with Crippen molar-refractivity contribution < 1.29 is 4.74 Å². The molecule has 0 aliphatic rings. The van der Waals surface area contributed by atoms with Gasteiger partial charge in [0, 0.05) is 0 Å². The molecular formula is C16H22O. The second kappa shape index (κ2) is 7.72. The summed E-state index contributed by atoms with van der Waals surface area (Å²) < 4.78 is 5.21. The second-order valence-electron chi connectivity index (χ2n) is 4.29. The van der Waals surface area contributed by atoms with E-state index in [1.165, 1.54) is 17.6 Å². The molecule has 0 saturated heterocycles. The molecule has 17 heavy (non-hydrogen) atoms. The number of rotatable bonds is 7. The van der Waals surface area contributed by atoms with E-state index in [0.717, 1.165) is 25.0 Å². The summed E-state index contributed by atoms with van der Waals surface area (Å²) in [5, 5.41) is 0. The topological polar surface area (TPSA) is 9.23 Å². The molecule has 1 heteroatoms. The van der Waals surface area contributed by atoms with E-state index in [1.54, 1.807) is 7.11 Å². The fraction of sp³-hybridized carbons (Fsp3) is 0.375. The summed E-state index contributed by atoms with van der Waals surface area (Å²) in [4.78, 5) is 0. The van der Waals surface area contributed by atoms with Crippen molar-refractivity contribution in [3.8, 4) is 5.75 Å². The molecule has 0 atom stereocenters. The van der Waals surface area contributed by atoms with Crippen LogP contribution in [-0.2, 0) is 6.42 Å². The Bertz CT molecular complexity index is 377. The maximum absolute atomic E-state index is 5.21. The Morgan fingerprint density at radius 2 is 2.24 bits per heavy atom. The largest absolute Gasteiger partial charge is 0.497 e. The van der Waals surface area contributed by atoms with E-state index in [-0.39, 0.29) is 0 Å². The van der Waals surface area contributed by atoms with Crippen molar-refractivity contribution in [3.05, 3.63) is 54.1 Å². The zero-order valence-corrected chi connectivity index (χ0v) is 10.9. The summed E-state index contributed by atoms with van der Waals surface area (Å²) in [6.07, 6.45) is 8.73. The van der Waals surface area contributed by atoms with Gasteiger partial charge < -0.3 is 4.74 Å². The van der Waals surface area contributed by atoms with Crippen LogP contribution in [0.1, 0.15) is 31.7 Å². The van der Waals surface area contributed by atoms with Gasteiger partial charge in [-0.3, -0.25) is 0 Å². The van der Waals surface area contributed by atoms with Crippen molar-refractivity contribution in [1.82, 2.24) is 0 Å². The Morgan fingerprint density at radius 1 is 1.41 bits per heavy atom. The van der Waals surface area contributed by atoms with E-state index < -0.39 is 0 Å². The first-order valence-corrected chi connectivity index (χ1v) is 6.15. The van der Waals surface area contributed by atoms with Gasteiger partial charge in [-0.2, -0.15) is 0 Å². The maximum atomic E-state index is 5.21. The van der Waals surface area contributed by atoms with Crippen LogP contribution in [0.25, 0.3) is 0 Å². The highest BCUT2D eigenvalue weighted by atomic mass is 16.5. The van der Waals surface area contributed by atoms with Crippen molar-refractivity contribution in [2.24, 2.45) is 0 Å². The van der Waals surface area contributed by atoms with Crippen LogP contribution in [0.5, 0.6) is 5.75 Å². The molecule has 0 spiro atoms. The van der Waals surface area contributed by atoms with Crippen LogP contribution in [0.3, 0.4) is 0 Å². The summed E-state index contributed by atoms with van der Waals surface area (Å²) in [6.45, 7) is 5.93. The van der Waals surface area contributed by atoms with Gasteiger partial charge >= 0.3 is 0 Å². The van der Waals surface area contributed by atoms with Crippen molar-refractivity contribution >= 4 is 0 Å². The van der Waals surface area contributed by atoms with Gasteiger partial charge in [0.1, 0.15) is 5.75 Å². The van der Waals surface area contributed by atoms with Gasteiger partial charge in [-0.05, 0) is 50.3 Å². The van der Waals surface area contributed by atoms with Gasteiger partial charge in [-0.25, -0.2) is 0 Å². The van der Waals surface area contributed by atoms with Crippen molar-refractivity contribution in [2.45, 2.75) is 32.6 Å². The van der Waals surface area contributed by atoms with Crippen molar-refractivity contribution in [1.29, 1.82) is 0 Å². The summed E-state index contributed by atoms with van der Waals surface area (Å²) >= 11 is 0. The van der Waals surface area contributed by atoms with E-state index in [4.69, 9.17) is 4.74 Å². The number of hydrogen-bond donors (Lipinski definition) is 0. The Morgan fingerprint density at radius 3 is 2.94 bits per heavy atom. The summed E-state index contributed by atoms with van der Waals surface area (Å²) in [5.41, 5.74) is 2.75. The number of benzene rings is 1. The van der Waals surface area contributed by atoms with E-state index >= 15 is 0 Å². The molecule has 1 rings (SSSR count). The fourth-order valence-electron chi connectivity index (χ4n) is 1.72. The maximum Gasteiger partial charge on any atom is 0.119 e.